The number of hydrogen-bond donors (Lipinski definition) is 1. The quantitative estimate of drug-likeness (QED) is 0.612. The molecule has 7 heteroatoms. The number of nitriles is 1. The highest BCUT2D eigenvalue weighted by Crippen LogP contribution is 2.23. The van der Waals surface area contributed by atoms with E-state index in [0.29, 0.717) is 13.0 Å². The smallest absolute Gasteiger partial charge is 0.272 e. The molecule has 1 atom stereocenters. The van der Waals surface area contributed by atoms with E-state index in [4.69, 9.17) is 10.00 Å². The normalized spacial score (nSPS) is 13.3. The van der Waals surface area contributed by atoms with Crippen molar-refractivity contribution in [2.24, 2.45) is 0 Å². The maximum Gasteiger partial charge on any atom is 0.272 e. The maximum atomic E-state index is 13.6. The van der Waals surface area contributed by atoms with Crippen LogP contribution >= 0.6 is 0 Å². The fourth-order valence-corrected chi connectivity index (χ4v) is 1.66. The third kappa shape index (κ3) is 4.17. The highest BCUT2D eigenvalue weighted by atomic mass is 19.1. The summed E-state index contributed by atoms with van der Waals surface area (Å²) in [5.74, 6) is -0.853. The summed E-state index contributed by atoms with van der Waals surface area (Å²) in [6.07, 6.45) is 0.369. The Morgan fingerprint density at radius 1 is 1.60 bits per heavy atom. The van der Waals surface area contributed by atoms with E-state index >= 15 is 0 Å². The Morgan fingerprint density at radius 2 is 2.30 bits per heavy atom. The van der Waals surface area contributed by atoms with Crippen LogP contribution in [0.25, 0.3) is 0 Å². The molecule has 0 aliphatic carbocycles. The monoisotopic (exact) mass is 281 g/mol. The van der Waals surface area contributed by atoms with Gasteiger partial charge < -0.3 is 4.74 Å². The molecule has 0 bridgehead atoms. The van der Waals surface area contributed by atoms with E-state index in [1.54, 1.807) is 6.92 Å². The van der Waals surface area contributed by atoms with Crippen molar-refractivity contribution in [1.82, 2.24) is 5.32 Å². The summed E-state index contributed by atoms with van der Waals surface area (Å²) in [5.41, 5.74) is -1.07. The molecule has 20 heavy (non-hydrogen) atoms. The molecule has 0 fully saturated rings. The van der Waals surface area contributed by atoms with Gasteiger partial charge in [-0.25, -0.2) is 4.39 Å². The van der Waals surface area contributed by atoms with Crippen molar-refractivity contribution in [1.29, 1.82) is 5.26 Å². The Bertz CT molecular complexity index is 530. The van der Waals surface area contributed by atoms with E-state index in [1.165, 1.54) is 12.1 Å². The maximum absolute atomic E-state index is 13.6. The number of hydrogen-bond acceptors (Lipinski definition) is 5. The Morgan fingerprint density at radius 3 is 2.80 bits per heavy atom. The number of ether oxygens (including phenoxy) is 1. The predicted molar refractivity (Wildman–Crippen MR) is 70.9 cm³/mol. The molecule has 0 amide bonds. The van der Waals surface area contributed by atoms with Crippen LogP contribution in [0.5, 0.6) is 5.75 Å². The van der Waals surface area contributed by atoms with Gasteiger partial charge in [-0.05, 0) is 19.5 Å². The van der Waals surface area contributed by atoms with Crippen LogP contribution in [0.15, 0.2) is 18.2 Å². The molecular weight excluding hydrogens is 265 g/mol. The van der Waals surface area contributed by atoms with Crippen LogP contribution < -0.4 is 10.1 Å². The van der Waals surface area contributed by atoms with Crippen LogP contribution in [0.1, 0.15) is 20.3 Å². The molecule has 1 rings (SSSR count). The molecule has 0 saturated carbocycles. The molecule has 1 unspecified atom stereocenters. The molecule has 0 aromatic heterocycles. The molecule has 1 aromatic rings. The Labute approximate surface area is 116 Å². The number of halogens is 1. The largest absolute Gasteiger partial charge is 0.490 e. The highest BCUT2D eigenvalue weighted by molar-refractivity contribution is 5.37. The lowest BCUT2D eigenvalue weighted by molar-refractivity contribution is -0.385. The van der Waals surface area contributed by atoms with Crippen molar-refractivity contribution in [2.75, 3.05) is 13.2 Å². The first-order valence-electron chi connectivity index (χ1n) is 6.15. The minimum absolute atomic E-state index is 0.0626. The Balaban J connectivity index is 2.63. The van der Waals surface area contributed by atoms with E-state index in [2.05, 4.69) is 11.4 Å². The van der Waals surface area contributed by atoms with Gasteiger partial charge in [-0.1, -0.05) is 6.92 Å². The van der Waals surface area contributed by atoms with Gasteiger partial charge in [-0.15, -0.1) is 0 Å². The molecule has 0 radical (unpaired) electrons. The zero-order valence-electron chi connectivity index (χ0n) is 11.4. The summed E-state index contributed by atoms with van der Waals surface area (Å²) in [7, 11) is 0. The predicted octanol–water partition coefficient (Wildman–Crippen LogP) is 2.39. The summed E-state index contributed by atoms with van der Waals surface area (Å²) >= 11 is 0. The molecule has 0 saturated heterocycles. The van der Waals surface area contributed by atoms with Crippen LogP contribution in [0, 0.1) is 27.3 Å². The lowest BCUT2D eigenvalue weighted by Gasteiger charge is -2.22. The van der Waals surface area contributed by atoms with Gasteiger partial charge in [0.2, 0.25) is 0 Å². The number of nitro groups is 1. The van der Waals surface area contributed by atoms with E-state index in [9.17, 15) is 14.5 Å². The first-order valence-corrected chi connectivity index (χ1v) is 6.15. The van der Waals surface area contributed by atoms with Crippen molar-refractivity contribution < 1.29 is 14.1 Å². The molecule has 0 aliphatic heterocycles. The lowest BCUT2D eigenvalue weighted by atomic mass is 10.0. The number of rotatable bonds is 7. The SMILES string of the molecule is CCNC(C)(C#N)CCOc1ccc([N+](=O)[O-])cc1F. The minimum Gasteiger partial charge on any atom is -0.490 e. The van der Waals surface area contributed by atoms with E-state index in [-0.39, 0.29) is 18.0 Å². The zero-order chi connectivity index (χ0) is 15.2. The fourth-order valence-electron chi connectivity index (χ4n) is 1.66. The molecule has 1 aromatic carbocycles. The fraction of sp³-hybridized carbons (Fsp3) is 0.462. The Kier molecular flexibility index (Phi) is 5.41. The second-order valence-corrected chi connectivity index (χ2v) is 4.44. The molecule has 108 valence electrons. The highest BCUT2D eigenvalue weighted by Gasteiger charge is 2.22. The standard InChI is InChI=1S/C13H16FN3O3/c1-3-16-13(2,9-15)6-7-20-12-5-4-10(17(18)19)8-11(12)14/h4-5,8,16H,3,6-7H2,1-2H3. The van der Waals surface area contributed by atoms with Crippen LogP contribution in [0.4, 0.5) is 10.1 Å². The first kappa shape index (κ1) is 15.9. The van der Waals surface area contributed by atoms with Crippen molar-refractivity contribution >= 4 is 5.69 Å². The second-order valence-electron chi connectivity index (χ2n) is 4.44. The summed E-state index contributed by atoms with van der Waals surface area (Å²) in [4.78, 5) is 9.80. The van der Waals surface area contributed by atoms with Crippen LogP contribution in [0.3, 0.4) is 0 Å². The summed E-state index contributed by atoms with van der Waals surface area (Å²) in [6, 6.07) is 5.32. The Hall–Kier alpha value is -2.20. The molecule has 6 nitrogen and oxygen atoms in total. The van der Waals surface area contributed by atoms with E-state index in [1.807, 2.05) is 6.92 Å². The first-order chi connectivity index (χ1) is 9.41. The van der Waals surface area contributed by atoms with Crippen molar-refractivity contribution in [3.8, 4) is 11.8 Å². The van der Waals surface area contributed by atoms with Crippen LogP contribution in [-0.4, -0.2) is 23.6 Å². The molecular formula is C13H16FN3O3. The van der Waals surface area contributed by atoms with Crippen LogP contribution in [-0.2, 0) is 0 Å². The number of benzene rings is 1. The lowest BCUT2D eigenvalue weighted by Crippen LogP contribution is -2.42. The van der Waals surface area contributed by atoms with Crippen molar-refractivity contribution in [3.05, 3.63) is 34.1 Å². The number of nitrogens with zero attached hydrogens (tertiary/aromatic N) is 2. The summed E-state index contributed by atoms with van der Waals surface area (Å²) in [6.45, 7) is 4.38. The van der Waals surface area contributed by atoms with Gasteiger partial charge in [0.1, 0.15) is 5.54 Å². The minimum atomic E-state index is -0.790. The van der Waals surface area contributed by atoms with Gasteiger partial charge in [-0.3, -0.25) is 15.4 Å². The number of nitrogens with one attached hydrogen (secondary N) is 1. The summed E-state index contributed by atoms with van der Waals surface area (Å²) in [5, 5.41) is 22.5. The topological polar surface area (TPSA) is 88.2 Å². The van der Waals surface area contributed by atoms with Crippen LogP contribution in [0.2, 0.25) is 0 Å². The van der Waals surface area contributed by atoms with Gasteiger partial charge in [0.15, 0.2) is 11.6 Å². The van der Waals surface area contributed by atoms with E-state index < -0.39 is 16.3 Å². The number of non-ortho nitro benzene ring substituents is 1. The number of nitro benzene ring substituents is 1. The molecule has 0 heterocycles. The molecule has 0 aliphatic rings. The van der Waals surface area contributed by atoms with Crippen molar-refractivity contribution in [2.45, 2.75) is 25.8 Å². The third-order valence-electron chi connectivity index (χ3n) is 2.80. The second kappa shape index (κ2) is 6.82. The average molecular weight is 281 g/mol. The van der Waals surface area contributed by atoms with Gasteiger partial charge >= 0.3 is 0 Å². The van der Waals surface area contributed by atoms with Crippen molar-refractivity contribution in [3.63, 3.8) is 0 Å². The zero-order valence-corrected chi connectivity index (χ0v) is 11.4. The summed E-state index contributed by atoms with van der Waals surface area (Å²) < 4.78 is 18.8. The average Bonchev–Trinajstić information content (AvgIpc) is 2.40. The van der Waals surface area contributed by atoms with Gasteiger partial charge in [0, 0.05) is 12.5 Å². The van der Waals surface area contributed by atoms with E-state index in [0.717, 1.165) is 6.07 Å². The van der Waals surface area contributed by atoms with Gasteiger partial charge in [-0.2, -0.15) is 5.26 Å². The van der Waals surface area contributed by atoms with Gasteiger partial charge in [0.05, 0.1) is 23.7 Å². The van der Waals surface area contributed by atoms with Gasteiger partial charge in [0.25, 0.3) is 5.69 Å². The third-order valence-corrected chi connectivity index (χ3v) is 2.80. The molecule has 0 spiro atoms. The molecule has 1 N–H and O–H groups in total.